The van der Waals surface area contributed by atoms with Crippen molar-refractivity contribution in [1.82, 2.24) is 10.6 Å². The molecule has 0 aliphatic rings. The molecule has 0 spiro atoms. The molecule has 0 radical (unpaired) electrons. The zero-order valence-electron chi connectivity index (χ0n) is 9.81. The van der Waals surface area contributed by atoms with Gasteiger partial charge in [0, 0.05) is 13.1 Å². The highest BCUT2D eigenvalue weighted by Gasteiger charge is 1.92. The first-order chi connectivity index (χ1) is 7.63. The van der Waals surface area contributed by atoms with E-state index in [1.54, 1.807) is 0 Å². The SMILES string of the molecule is N=C(N)NCCCCCCCCNC(=N)N. The summed E-state index contributed by atoms with van der Waals surface area (Å²) in [7, 11) is 0. The predicted molar refractivity (Wildman–Crippen MR) is 67.5 cm³/mol. The van der Waals surface area contributed by atoms with Crippen molar-refractivity contribution in [1.29, 1.82) is 10.8 Å². The second kappa shape index (κ2) is 10.1. The van der Waals surface area contributed by atoms with Gasteiger partial charge in [-0.15, -0.1) is 0 Å². The largest absolute Gasteiger partial charge is 0.370 e. The van der Waals surface area contributed by atoms with Crippen LogP contribution in [0.4, 0.5) is 0 Å². The van der Waals surface area contributed by atoms with Crippen LogP contribution >= 0.6 is 0 Å². The first-order valence-corrected chi connectivity index (χ1v) is 5.78. The predicted octanol–water partition coefficient (Wildman–Crippen LogP) is 0.293. The highest BCUT2D eigenvalue weighted by Crippen LogP contribution is 2.04. The van der Waals surface area contributed by atoms with Crippen molar-refractivity contribution in [2.45, 2.75) is 38.5 Å². The van der Waals surface area contributed by atoms with Crippen LogP contribution in [-0.4, -0.2) is 25.0 Å². The van der Waals surface area contributed by atoms with E-state index in [0.29, 0.717) is 0 Å². The summed E-state index contributed by atoms with van der Waals surface area (Å²) in [6.07, 6.45) is 6.87. The summed E-state index contributed by atoms with van der Waals surface area (Å²) in [5.41, 5.74) is 10.3. The van der Waals surface area contributed by atoms with Crippen molar-refractivity contribution in [2.75, 3.05) is 13.1 Å². The summed E-state index contributed by atoms with van der Waals surface area (Å²) >= 11 is 0. The maximum Gasteiger partial charge on any atom is 0.185 e. The van der Waals surface area contributed by atoms with E-state index in [1.807, 2.05) is 0 Å². The van der Waals surface area contributed by atoms with Crippen LogP contribution in [0.5, 0.6) is 0 Å². The van der Waals surface area contributed by atoms with Gasteiger partial charge < -0.3 is 22.1 Å². The Morgan fingerprint density at radius 1 is 0.688 bits per heavy atom. The summed E-state index contributed by atoms with van der Waals surface area (Å²) in [5, 5.41) is 19.5. The molecule has 0 bridgehead atoms. The lowest BCUT2D eigenvalue weighted by Gasteiger charge is -2.04. The molecule has 16 heavy (non-hydrogen) atoms. The minimum absolute atomic E-state index is 0.0512. The normalized spacial score (nSPS) is 9.75. The Morgan fingerprint density at radius 3 is 1.31 bits per heavy atom. The Kier molecular flexibility index (Phi) is 9.15. The number of guanidine groups is 2. The molecule has 94 valence electrons. The van der Waals surface area contributed by atoms with E-state index >= 15 is 0 Å². The van der Waals surface area contributed by atoms with Gasteiger partial charge >= 0.3 is 0 Å². The third-order valence-electron chi connectivity index (χ3n) is 2.23. The Labute approximate surface area is 97.2 Å². The average Bonchev–Trinajstić information content (AvgIpc) is 2.20. The Morgan fingerprint density at radius 2 is 1.00 bits per heavy atom. The Bertz CT molecular complexity index is 181. The lowest BCUT2D eigenvalue weighted by Crippen LogP contribution is -2.31. The van der Waals surface area contributed by atoms with Crippen LogP contribution in [0, 0.1) is 10.8 Å². The summed E-state index contributed by atoms with van der Waals surface area (Å²) in [6.45, 7) is 1.59. The van der Waals surface area contributed by atoms with Crippen molar-refractivity contribution in [3.63, 3.8) is 0 Å². The number of nitrogens with two attached hydrogens (primary N) is 2. The molecular formula is C10H24N6. The van der Waals surface area contributed by atoms with Crippen LogP contribution in [0.3, 0.4) is 0 Å². The zero-order chi connectivity index (χ0) is 12.2. The van der Waals surface area contributed by atoms with Crippen molar-refractivity contribution < 1.29 is 0 Å². The molecule has 0 aromatic heterocycles. The van der Waals surface area contributed by atoms with E-state index < -0.39 is 0 Å². The number of nitrogens with one attached hydrogen (secondary N) is 4. The first-order valence-electron chi connectivity index (χ1n) is 5.78. The van der Waals surface area contributed by atoms with Gasteiger partial charge in [-0.3, -0.25) is 10.8 Å². The van der Waals surface area contributed by atoms with Gasteiger partial charge in [0.05, 0.1) is 0 Å². The zero-order valence-corrected chi connectivity index (χ0v) is 9.81. The fourth-order valence-electron chi connectivity index (χ4n) is 1.40. The van der Waals surface area contributed by atoms with Crippen LogP contribution in [0.15, 0.2) is 0 Å². The van der Waals surface area contributed by atoms with Gasteiger partial charge in [0.25, 0.3) is 0 Å². The molecule has 0 saturated heterocycles. The average molecular weight is 228 g/mol. The van der Waals surface area contributed by atoms with Gasteiger partial charge in [-0.05, 0) is 12.8 Å². The van der Waals surface area contributed by atoms with Crippen molar-refractivity contribution >= 4 is 11.9 Å². The highest BCUT2D eigenvalue weighted by molar-refractivity contribution is 5.74. The lowest BCUT2D eigenvalue weighted by molar-refractivity contribution is 0.585. The molecule has 0 fully saturated rings. The van der Waals surface area contributed by atoms with Gasteiger partial charge in [-0.25, -0.2) is 0 Å². The molecule has 0 aliphatic carbocycles. The van der Waals surface area contributed by atoms with Gasteiger partial charge in [0.15, 0.2) is 11.9 Å². The summed E-state index contributed by atoms with van der Waals surface area (Å²) in [6, 6.07) is 0. The molecule has 0 heterocycles. The molecule has 0 aromatic carbocycles. The van der Waals surface area contributed by atoms with E-state index in [2.05, 4.69) is 10.6 Å². The molecule has 0 unspecified atom stereocenters. The molecule has 0 aromatic rings. The standard InChI is InChI=1S/C10H24N6/c11-9(12)15-7-5-3-1-2-4-6-8-16-10(13)14/h1-8H2,(H4,11,12,15)(H4,13,14,16). The van der Waals surface area contributed by atoms with E-state index in [-0.39, 0.29) is 11.9 Å². The van der Waals surface area contributed by atoms with Gasteiger partial charge in [-0.2, -0.15) is 0 Å². The first kappa shape index (κ1) is 14.5. The van der Waals surface area contributed by atoms with E-state index in [0.717, 1.165) is 25.9 Å². The third kappa shape index (κ3) is 12.5. The van der Waals surface area contributed by atoms with Crippen molar-refractivity contribution in [3.8, 4) is 0 Å². The summed E-state index contributed by atoms with van der Waals surface area (Å²) in [5.74, 6) is 0.102. The van der Waals surface area contributed by atoms with Crippen LogP contribution in [0.1, 0.15) is 38.5 Å². The van der Waals surface area contributed by atoms with Gasteiger partial charge in [0.1, 0.15) is 0 Å². The second-order valence-corrected chi connectivity index (χ2v) is 3.80. The van der Waals surface area contributed by atoms with Crippen LogP contribution in [0.25, 0.3) is 0 Å². The monoisotopic (exact) mass is 228 g/mol. The minimum Gasteiger partial charge on any atom is -0.370 e. The fourth-order valence-corrected chi connectivity index (χ4v) is 1.40. The number of hydrogen-bond donors (Lipinski definition) is 6. The maximum absolute atomic E-state index is 6.95. The van der Waals surface area contributed by atoms with Crippen LogP contribution in [-0.2, 0) is 0 Å². The van der Waals surface area contributed by atoms with Crippen LogP contribution in [0.2, 0.25) is 0 Å². The second-order valence-electron chi connectivity index (χ2n) is 3.80. The Balaban J connectivity index is 2.98. The third-order valence-corrected chi connectivity index (χ3v) is 2.23. The minimum atomic E-state index is 0.0512. The van der Waals surface area contributed by atoms with E-state index in [4.69, 9.17) is 22.3 Å². The van der Waals surface area contributed by atoms with E-state index in [1.165, 1.54) is 25.7 Å². The molecule has 6 heteroatoms. The molecule has 0 saturated carbocycles. The van der Waals surface area contributed by atoms with E-state index in [9.17, 15) is 0 Å². The lowest BCUT2D eigenvalue weighted by atomic mass is 10.1. The summed E-state index contributed by atoms with van der Waals surface area (Å²) in [4.78, 5) is 0. The molecule has 8 N–H and O–H groups in total. The van der Waals surface area contributed by atoms with Gasteiger partial charge in [-0.1, -0.05) is 25.7 Å². The molecular weight excluding hydrogens is 204 g/mol. The molecule has 0 aliphatic heterocycles. The number of rotatable bonds is 9. The topological polar surface area (TPSA) is 124 Å². The maximum atomic E-state index is 6.95. The number of unbranched alkanes of at least 4 members (excludes halogenated alkanes) is 5. The fraction of sp³-hybridized carbons (Fsp3) is 0.800. The molecule has 0 rings (SSSR count). The number of hydrogen-bond acceptors (Lipinski definition) is 2. The quantitative estimate of drug-likeness (QED) is 0.193. The highest BCUT2D eigenvalue weighted by atomic mass is 15.0. The molecule has 0 atom stereocenters. The Hall–Kier alpha value is -1.46. The van der Waals surface area contributed by atoms with Crippen molar-refractivity contribution in [2.24, 2.45) is 11.5 Å². The smallest absolute Gasteiger partial charge is 0.185 e. The van der Waals surface area contributed by atoms with Crippen LogP contribution < -0.4 is 22.1 Å². The van der Waals surface area contributed by atoms with Gasteiger partial charge in [0.2, 0.25) is 0 Å². The molecule has 0 amide bonds. The molecule has 6 nitrogen and oxygen atoms in total. The summed E-state index contributed by atoms with van der Waals surface area (Å²) < 4.78 is 0. The van der Waals surface area contributed by atoms with Crippen molar-refractivity contribution in [3.05, 3.63) is 0 Å².